The Balaban J connectivity index is 1.68. The molecule has 0 unspecified atom stereocenters. The van der Waals surface area contributed by atoms with E-state index in [1.807, 2.05) is 24.3 Å². The van der Waals surface area contributed by atoms with Crippen LogP contribution in [0.1, 0.15) is 18.4 Å². The lowest BCUT2D eigenvalue weighted by molar-refractivity contribution is -0.147. The Morgan fingerprint density at radius 2 is 1.90 bits per heavy atom. The van der Waals surface area contributed by atoms with Gasteiger partial charge in [0.1, 0.15) is 0 Å². The van der Waals surface area contributed by atoms with Gasteiger partial charge in [0.05, 0.1) is 24.0 Å². The highest BCUT2D eigenvalue weighted by molar-refractivity contribution is 9.10. The standard InChI is InChI=1S/C15H16BrNO4/c16-9-4-2-1-3-8(9)7-17-14(18)12-10-5-6-11(21-10)13(12)15(19)20/h1-4,10-13H,5-7H2,(H,17,18)(H,19,20)/t10-,11-,12+,13+/m1/s1. The van der Waals surface area contributed by atoms with Gasteiger partial charge in [-0.3, -0.25) is 9.59 Å². The van der Waals surface area contributed by atoms with Crippen LogP contribution in [0.25, 0.3) is 0 Å². The number of carbonyl (C=O) groups excluding carboxylic acids is 1. The zero-order valence-corrected chi connectivity index (χ0v) is 12.9. The average molecular weight is 354 g/mol. The summed E-state index contributed by atoms with van der Waals surface area (Å²) >= 11 is 3.43. The second kappa shape index (κ2) is 5.77. The summed E-state index contributed by atoms with van der Waals surface area (Å²) in [4.78, 5) is 23.7. The highest BCUT2D eigenvalue weighted by Crippen LogP contribution is 2.43. The molecule has 2 aliphatic heterocycles. The highest BCUT2D eigenvalue weighted by Gasteiger charge is 2.55. The number of ether oxygens (including phenoxy) is 1. The van der Waals surface area contributed by atoms with Crippen molar-refractivity contribution in [2.24, 2.45) is 11.8 Å². The van der Waals surface area contributed by atoms with Crippen LogP contribution < -0.4 is 5.32 Å². The normalized spacial score (nSPS) is 30.3. The number of amides is 1. The molecular formula is C15H16BrNO4. The molecule has 2 saturated heterocycles. The first kappa shape index (κ1) is 14.5. The first-order valence-electron chi connectivity index (χ1n) is 6.97. The second-order valence-electron chi connectivity index (χ2n) is 5.49. The minimum atomic E-state index is -0.941. The SMILES string of the molecule is O=C(O)[C@@H]1[C@@H](C(=O)NCc2ccccc2Br)[C@H]2CC[C@H]1O2. The van der Waals surface area contributed by atoms with Crippen LogP contribution in [0.5, 0.6) is 0 Å². The van der Waals surface area contributed by atoms with Crippen molar-refractivity contribution in [1.29, 1.82) is 0 Å². The molecule has 0 radical (unpaired) electrons. The smallest absolute Gasteiger partial charge is 0.310 e. The zero-order chi connectivity index (χ0) is 15.0. The molecule has 2 bridgehead atoms. The van der Waals surface area contributed by atoms with Crippen LogP contribution in [0.4, 0.5) is 0 Å². The quantitative estimate of drug-likeness (QED) is 0.867. The van der Waals surface area contributed by atoms with Gasteiger partial charge >= 0.3 is 5.97 Å². The third-order valence-electron chi connectivity index (χ3n) is 4.27. The lowest BCUT2D eigenvalue weighted by Crippen LogP contribution is -2.43. The third-order valence-corrected chi connectivity index (χ3v) is 5.05. The Morgan fingerprint density at radius 3 is 2.57 bits per heavy atom. The van der Waals surface area contributed by atoms with Gasteiger partial charge in [0.25, 0.3) is 0 Å². The van der Waals surface area contributed by atoms with Gasteiger partial charge in [0.15, 0.2) is 0 Å². The highest BCUT2D eigenvalue weighted by atomic mass is 79.9. The number of aliphatic carboxylic acids is 1. The summed E-state index contributed by atoms with van der Waals surface area (Å²) in [5.41, 5.74) is 0.960. The van der Waals surface area contributed by atoms with Crippen LogP contribution in [0.3, 0.4) is 0 Å². The number of carboxylic acids is 1. The lowest BCUT2D eigenvalue weighted by Gasteiger charge is -2.24. The lowest BCUT2D eigenvalue weighted by atomic mass is 9.78. The van der Waals surface area contributed by atoms with Crippen molar-refractivity contribution in [3.05, 3.63) is 34.3 Å². The fourth-order valence-electron chi connectivity index (χ4n) is 3.27. The largest absolute Gasteiger partial charge is 0.481 e. The molecular weight excluding hydrogens is 338 g/mol. The van der Waals surface area contributed by atoms with E-state index in [-0.39, 0.29) is 18.1 Å². The maximum atomic E-state index is 12.4. The van der Waals surface area contributed by atoms with Crippen molar-refractivity contribution in [2.45, 2.75) is 31.6 Å². The van der Waals surface area contributed by atoms with Crippen molar-refractivity contribution in [2.75, 3.05) is 0 Å². The molecule has 6 heteroatoms. The van der Waals surface area contributed by atoms with Crippen LogP contribution in [-0.2, 0) is 20.9 Å². The molecule has 112 valence electrons. The molecule has 2 heterocycles. The fourth-order valence-corrected chi connectivity index (χ4v) is 3.69. The Hall–Kier alpha value is -1.40. The van der Waals surface area contributed by atoms with E-state index < -0.39 is 17.8 Å². The molecule has 5 nitrogen and oxygen atoms in total. The van der Waals surface area contributed by atoms with E-state index in [0.717, 1.165) is 22.9 Å². The van der Waals surface area contributed by atoms with Crippen LogP contribution in [0, 0.1) is 11.8 Å². The first-order valence-corrected chi connectivity index (χ1v) is 7.76. The number of benzene rings is 1. The molecule has 0 aromatic heterocycles. The monoisotopic (exact) mass is 353 g/mol. The summed E-state index contributed by atoms with van der Waals surface area (Å²) in [5.74, 6) is -2.47. The van der Waals surface area contributed by atoms with Crippen LogP contribution >= 0.6 is 15.9 Å². The molecule has 4 atom stereocenters. The molecule has 2 N–H and O–H groups in total. The fraction of sp³-hybridized carbons (Fsp3) is 0.467. The molecule has 21 heavy (non-hydrogen) atoms. The summed E-state index contributed by atoms with van der Waals surface area (Å²) in [6, 6.07) is 7.62. The van der Waals surface area contributed by atoms with Crippen molar-refractivity contribution in [1.82, 2.24) is 5.32 Å². The number of carboxylic acid groups (broad SMARTS) is 1. The van der Waals surface area contributed by atoms with Gasteiger partial charge in [0.2, 0.25) is 5.91 Å². The maximum absolute atomic E-state index is 12.4. The van der Waals surface area contributed by atoms with Crippen molar-refractivity contribution >= 4 is 27.8 Å². The van der Waals surface area contributed by atoms with E-state index in [0.29, 0.717) is 6.54 Å². The van der Waals surface area contributed by atoms with E-state index in [1.54, 1.807) is 0 Å². The van der Waals surface area contributed by atoms with Crippen molar-refractivity contribution in [3.63, 3.8) is 0 Å². The molecule has 0 spiro atoms. The summed E-state index contributed by atoms with van der Waals surface area (Å²) in [6.07, 6.45) is 0.930. The third kappa shape index (κ3) is 2.70. The summed E-state index contributed by atoms with van der Waals surface area (Å²) < 4.78 is 6.53. The Kier molecular flexibility index (Phi) is 3.99. The average Bonchev–Trinajstić information content (AvgIpc) is 3.06. The number of halogens is 1. The zero-order valence-electron chi connectivity index (χ0n) is 11.3. The van der Waals surface area contributed by atoms with Gasteiger partial charge < -0.3 is 15.2 Å². The van der Waals surface area contributed by atoms with E-state index in [2.05, 4.69) is 21.2 Å². The van der Waals surface area contributed by atoms with Crippen molar-refractivity contribution in [3.8, 4) is 0 Å². The molecule has 0 saturated carbocycles. The molecule has 2 fully saturated rings. The van der Waals surface area contributed by atoms with Gasteiger partial charge in [-0.25, -0.2) is 0 Å². The summed E-state index contributed by atoms with van der Waals surface area (Å²) in [5, 5.41) is 12.2. The Bertz CT molecular complexity index is 577. The minimum Gasteiger partial charge on any atom is -0.481 e. The number of hydrogen-bond donors (Lipinski definition) is 2. The van der Waals surface area contributed by atoms with E-state index in [1.165, 1.54) is 0 Å². The van der Waals surface area contributed by atoms with E-state index in [4.69, 9.17) is 4.74 Å². The van der Waals surface area contributed by atoms with Crippen LogP contribution in [-0.4, -0.2) is 29.2 Å². The maximum Gasteiger partial charge on any atom is 0.310 e. The minimum absolute atomic E-state index is 0.231. The molecule has 1 aromatic carbocycles. The number of rotatable bonds is 4. The Labute approximate surface area is 130 Å². The number of fused-ring (bicyclic) bond motifs is 2. The van der Waals surface area contributed by atoms with Gasteiger partial charge in [-0.15, -0.1) is 0 Å². The molecule has 2 aliphatic rings. The molecule has 0 aliphatic carbocycles. The van der Waals surface area contributed by atoms with Crippen LogP contribution in [0.15, 0.2) is 28.7 Å². The topological polar surface area (TPSA) is 75.6 Å². The predicted octanol–water partition coefficient (Wildman–Crippen LogP) is 1.94. The number of nitrogens with one attached hydrogen (secondary N) is 1. The van der Waals surface area contributed by atoms with Crippen LogP contribution in [0.2, 0.25) is 0 Å². The molecule has 3 rings (SSSR count). The molecule has 1 amide bonds. The van der Waals surface area contributed by atoms with E-state index in [9.17, 15) is 14.7 Å². The number of carbonyl (C=O) groups is 2. The van der Waals surface area contributed by atoms with Gasteiger partial charge in [-0.05, 0) is 24.5 Å². The molecule has 1 aromatic rings. The Morgan fingerprint density at radius 1 is 1.24 bits per heavy atom. The van der Waals surface area contributed by atoms with Crippen molar-refractivity contribution < 1.29 is 19.4 Å². The predicted molar refractivity (Wildman–Crippen MR) is 78.5 cm³/mol. The number of hydrogen-bond acceptors (Lipinski definition) is 3. The summed E-state index contributed by atoms with van der Waals surface area (Å²) in [6.45, 7) is 0.375. The summed E-state index contributed by atoms with van der Waals surface area (Å²) in [7, 11) is 0. The van der Waals surface area contributed by atoms with E-state index >= 15 is 0 Å². The second-order valence-corrected chi connectivity index (χ2v) is 6.34. The van der Waals surface area contributed by atoms with Gasteiger partial charge in [-0.1, -0.05) is 34.1 Å². The van der Waals surface area contributed by atoms with Gasteiger partial charge in [0, 0.05) is 11.0 Å². The van der Waals surface area contributed by atoms with Gasteiger partial charge in [-0.2, -0.15) is 0 Å². The first-order chi connectivity index (χ1) is 10.1.